The van der Waals surface area contributed by atoms with Crippen LogP contribution in [0.25, 0.3) is 5.76 Å². The SMILES string of the molecule is CCN(CC)CCN1C(=O)C(=O)/C(=C(/O)c2ccc(F)cc2)[C@H]1c1cccc([N+](=O)[O-])c1. The van der Waals surface area contributed by atoms with Gasteiger partial charge >= 0.3 is 0 Å². The standard InChI is InChI=1S/C23H24FN3O5/c1-3-25(4-2)12-13-26-20(16-6-5-7-18(14-16)27(31)32)19(22(29)23(26)30)21(28)15-8-10-17(24)11-9-15/h5-11,14,20,28H,3-4,12-13H2,1-2H3/b21-19+/t20-/m1/s1. The van der Waals surface area contributed by atoms with Gasteiger partial charge in [-0.1, -0.05) is 26.0 Å². The third-order valence-electron chi connectivity index (χ3n) is 5.61. The lowest BCUT2D eigenvalue weighted by molar-refractivity contribution is -0.384. The van der Waals surface area contributed by atoms with E-state index in [1.807, 2.05) is 13.8 Å². The number of likely N-dealkylation sites (N-methyl/N-ethyl adjacent to an activating group) is 1. The van der Waals surface area contributed by atoms with Gasteiger partial charge in [0.2, 0.25) is 0 Å². The molecule has 1 atom stereocenters. The van der Waals surface area contributed by atoms with Crippen LogP contribution >= 0.6 is 0 Å². The Labute approximate surface area is 184 Å². The van der Waals surface area contributed by atoms with Gasteiger partial charge in [-0.3, -0.25) is 19.7 Å². The van der Waals surface area contributed by atoms with Crippen LogP contribution in [0.4, 0.5) is 10.1 Å². The lowest BCUT2D eigenvalue weighted by Gasteiger charge is -2.28. The predicted molar refractivity (Wildman–Crippen MR) is 116 cm³/mol. The molecule has 0 radical (unpaired) electrons. The van der Waals surface area contributed by atoms with Crippen molar-refractivity contribution >= 4 is 23.1 Å². The van der Waals surface area contributed by atoms with Gasteiger partial charge in [-0.15, -0.1) is 0 Å². The smallest absolute Gasteiger partial charge is 0.295 e. The largest absolute Gasteiger partial charge is 0.507 e. The molecule has 1 N–H and O–H groups in total. The highest BCUT2D eigenvalue weighted by molar-refractivity contribution is 6.46. The van der Waals surface area contributed by atoms with Crippen LogP contribution in [-0.4, -0.2) is 57.7 Å². The molecule has 0 bridgehead atoms. The molecule has 0 saturated carbocycles. The van der Waals surface area contributed by atoms with Crippen LogP contribution in [0.1, 0.15) is 31.0 Å². The number of hydrogen-bond acceptors (Lipinski definition) is 6. The van der Waals surface area contributed by atoms with Gasteiger partial charge in [-0.2, -0.15) is 0 Å². The Morgan fingerprint density at radius 3 is 2.41 bits per heavy atom. The zero-order chi connectivity index (χ0) is 23.4. The van der Waals surface area contributed by atoms with Crippen molar-refractivity contribution < 1.29 is 24.0 Å². The summed E-state index contributed by atoms with van der Waals surface area (Å²) in [6.45, 7) is 6.13. The highest BCUT2D eigenvalue weighted by Gasteiger charge is 2.46. The maximum absolute atomic E-state index is 13.3. The summed E-state index contributed by atoms with van der Waals surface area (Å²) < 4.78 is 13.3. The second-order valence-electron chi connectivity index (χ2n) is 7.38. The molecule has 3 rings (SSSR count). The molecule has 8 nitrogen and oxygen atoms in total. The number of nitro benzene ring substituents is 1. The number of aliphatic hydroxyl groups is 1. The summed E-state index contributed by atoms with van der Waals surface area (Å²) in [5.74, 6) is -2.65. The van der Waals surface area contributed by atoms with Gasteiger partial charge in [0.15, 0.2) is 0 Å². The fourth-order valence-corrected chi connectivity index (χ4v) is 3.82. The van der Waals surface area contributed by atoms with Gasteiger partial charge in [0.05, 0.1) is 16.5 Å². The van der Waals surface area contributed by atoms with Gasteiger partial charge in [0.1, 0.15) is 11.6 Å². The van der Waals surface area contributed by atoms with Crippen molar-refractivity contribution in [1.82, 2.24) is 9.80 Å². The number of amides is 1. The van der Waals surface area contributed by atoms with Crippen LogP contribution in [0, 0.1) is 15.9 Å². The van der Waals surface area contributed by atoms with Gasteiger partial charge in [-0.25, -0.2) is 4.39 Å². The Morgan fingerprint density at radius 2 is 1.81 bits per heavy atom. The summed E-state index contributed by atoms with van der Waals surface area (Å²) in [5.41, 5.74) is 0.130. The molecule has 168 valence electrons. The molecule has 2 aromatic carbocycles. The van der Waals surface area contributed by atoms with Crippen molar-refractivity contribution in [3.8, 4) is 0 Å². The number of rotatable bonds is 8. The van der Waals surface area contributed by atoms with E-state index in [9.17, 15) is 29.2 Å². The molecule has 1 aliphatic rings. The van der Waals surface area contributed by atoms with Gasteiger partial charge in [0, 0.05) is 30.8 Å². The summed E-state index contributed by atoms with van der Waals surface area (Å²) in [7, 11) is 0. The zero-order valence-electron chi connectivity index (χ0n) is 17.8. The number of ketones is 1. The van der Waals surface area contributed by atoms with Crippen LogP contribution in [0.5, 0.6) is 0 Å². The first-order valence-electron chi connectivity index (χ1n) is 10.3. The minimum atomic E-state index is -1.00. The van der Waals surface area contributed by atoms with Crippen molar-refractivity contribution in [2.75, 3.05) is 26.2 Å². The van der Waals surface area contributed by atoms with E-state index in [1.165, 1.54) is 35.2 Å². The number of halogens is 1. The van der Waals surface area contributed by atoms with Crippen LogP contribution in [0.3, 0.4) is 0 Å². The van der Waals surface area contributed by atoms with Crippen molar-refractivity contribution in [3.63, 3.8) is 0 Å². The van der Waals surface area contributed by atoms with E-state index in [2.05, 4.69) is 4.90 Å². The van der Waals surface area contributed by atoms with E-state index in [4.69, 9.17) is 0 Å². The number of aliphatic hydroxyl groups excluding tert-OH is 1. The van der Waals surface area contributed by atoms with E-state index >= 15 is 0 Å². The topological polar surface area (TPSA) is 104 Å². The lowest BCUT2D eigenvalue weighted by atomic mass is 9.95. The van der Waals surface area contributed by atoms with Crippen molar-refractivity contribution in [2.45, 2.75) is 19.9 Å². The van der Waals surface area contributed by atoms with Crippen LogP contribution in [-0.2, 0) is 9.59 Å². The average Bonchev–Trinajstić information content (AvgIpc) is 3.04. The Balaban J connectivity index is 2.13. The third-order valence-corrected chi connectivity index (χ3v) is 5.61. The highest BCUT2D eigenvalue weighted by atomic mass is 19.1. The van der Waals surface area contributed by atoms with Crippen molar-refractivity contribution in [1.29, 1.82) is 0 Å². The number of likely N-dealkylation sites (tertiary alicyclic amines) is 1. The lowest BCUT2D eigenvalue weighted by Crippen LogP contribution is -2.38. The van der Waals surface area contributed by atoms with E-state index < -0.39 is 34.2 Å². The normalized spacial score (nSPS) is 17.9. The minimum Gasteiger partial charge on any atom is -0.507 e. The third kappa shape index (κ3) is 4.52. The quantitative estimate of drug-likeness (QED) is 0.221. The molecule has 9 heteroatoms. The molecule has 1 fully saturated rings. The van der Waals surface area contributed by atoms with Crippen molar-refractivity contribution in [3.05, 3.63) is 81.2 Å². The number of carbonyl (C=O) groups excluding carboxylic acids is 2. The summed E-state index contributed by atoms with van der Waals surface area (Å²) in [6, 6.07) is 9.51. The maximum Gasteiger partial charge on any atom is 0.295 e. The predicted octanol–water partition coefficient (Wildman–Crippen LogP) is 3.50. The van der Waals surface area contributed by atoms with Gasteiger partial charge < -0.3 is 14.9 Å². The van der Waals surface area contributed by atoms with Gasteiger partial charge in [0.25, 0.3) is 17.4 Å². The van der Waals surface area contributed by atoms with Crippen LogP contribution in [0.15, 0.2) is 54.1 Å². The molecule has 0 aliphatic carbocycles. The second-order valence-corrected chi connectivity index (χ2v) is 7.38. The molecule has 2 aromatic rings. The number of nitro groups is 1. The number of nitrogens with zero attached hydrogens (tertiary/aromatic N) is 3. The molecule has 1 amide bonds. The first-order chi connectivity index (χ1) is 15.3. The highest BCUT2D eigenvalue weighted by Crippen LogP contribution is 2.40. The molecule has 0 aromatic heterocycles. The summed E-state index contributed by atoms with van der Waals surface area (Å²) in [5, 5.41) is 22.2. The zero-order valence-corrected chi connectivity index (χ0v) is 17.8. The monoisotopic (exact) mass is 441 g/mol. The molecular formula is C23H24FN3O5. The average molecular weight is 441 g/mol. The van der Waals surface area contributed by atoms with Gasteiger partial charge in [-0.05, 0) is 42.9 Å². The Morgan fingerprint density at radius 1 is 1.16 bits per heavy atom. The molecule has 0 spiro atoms. The minimum absolute atomic E-state index is 0.170. The van der Waals surface area contributed by atoms with Crippen molar-refractivity contribution in [2.24, 2.45) is 0 Å². The number of non-ortho nitro benzene ring substituents is 1. The molecule has 1 saturated heterocycles. The summed E-state index contributed by atoms with van der Waals surface area (Å²) in [6.07, 6.45) is 0. The second kappa shape index (κ2) is 9.69. The van der Waals surface area contributed by atoms with E-state index in [0.717, 1.165) is 25.2 Å². The number of carbonyl (C=O) groups is 2. The Kier molecular flexibility index (Phi) is 6.99. The number of Topliss-reactive ketones (excluding diaryl/α,β-unsaturated/α-hetero) is 1. The van der Waals surface area contributed by atoms with E-state index in [-0.39, 0.29) is 23.4 Å². The van der Waals surface area contributed by atoms with E-state index in [0.29, 0.717) is 12.1 Å². The van der Waals surface area contributed by atoms with E-state index in [1.54, 1.807) is 6.07 Å². The van der Waals surface area contributed by atoms with Crippen LogP contribution < -0.4 is 0 Å². The fourth-order valence-electron chi connectivity index (χ4n) is 3.82. The summed E-state index contributed by atoms with van der Waals surface area (Å²) >= 11 is 0. The first-order valence-corrected chi connectivity index (χ1v) is 10.3. The maximum atomic E-state index is 13.3. The number of hydrogen-bond donors (Lipinski definition) is 1. The molecule has 32 heavy (non-hydrogen) atoms. The Bertz CT molecular complexity index is 1060. The Hall–Kier alpha value is -3.59. The number of benzene rings is 2. The molecule has 0 unspecified atom stereocenters. The molecular weight excluding hydrogens is 417 g/mol. The fraction of sp³-hybridized carbons (Fsp3) is 0.304. The van der Waals surface area contributed by atoms with Crippen LogP contribution in [0.2, 0.25) is 0 Å². The molecule has 1 heterocycles. The molecule has 1 aliphatic heterocycles. The summed E-state index contributed by atoms with van der Waals surface area (Å²) in [4.78, 5) is 40.0. The first kappa shape index (κ1) is 23.1.